The molecule has 1 rings (SSSR count). The van der Waals surface area contributed by atoms with Crippen molar-refractivity contribution in [3.05, 3.63) is 29.8 Å². The fraction of sp³-hybridized carbons (Fsp3) is 0.300. The molecule has 1 aromatic rings. The summed E-state index contributed by atoms with van der Waals surface area (Å²) >= 11 is 0. The van der Waals surface area contributed by atoms with E-state index in [0.717, 1.165) is 12.1 Å². The summed E-state index contributed by atoms with van der Waals surface area (Å²) in [5.74, 6) is -3.43. The topological polar surface area (TPSA) is 57.9 Å². The molecule has 0 N–H and O–H groups in total. The zero-order valence-corrected chi connectivity index (χ0v) is 9.26. The Balaban J connectivity index is 3.09. The zero-order valence-electron chi connectivity index (χ0n) is 8.44. The first-order valence-corrected chi connectivity index (χ1v) is 6.09. The molecule has 1 aromatic carbocycles. The zero-order chi connectivity index (χ0) is 12.3. The van der Waals surface area contributed by atoms with Crippen molar-refractivity contribution in [1.82, 2.24) is 0 Å². The van der Waals surface area contributed by atoms with E-state index < -0.39 is 33.1 Å². The Morgan fingerprint density at radius 2 is 2.00 bits per heavy atom. The van der Waals surface area contributed by atoms with Crippen molar-refractivity contribution in [3.63, 3.8) is 0 Å². The van der Waals surface area contributed by atoms with Crippen LogP contribution in [-0.2, 0) is 9.84 Å². The highest BCUT2D eigenvalue weighted by Crippen LogP contribution is 2.17. The average Bonchev–Trinajstić information content (AvgIpc) is 2.21. The van der Waals surface area contributed by atoms with Gasteiger partial charge in [-0.2, -0.15) is 5.26 Å². The van der Waals surface area contributed by atoms with Gasteiger partial charge in [-0.05, 0) is 25.1 Å². The minimum absolute atomic E-state index is 0.312. The molecule has 0 bridgehead atoms. The average molecular weight is 245 g/mol. The van der Waals surface area contributed by atoms with Gasteiger partial charge in [0.25, 0.3) is 0 Å². The summed E-state index contributed by atoms with van der Waals surface area (Å²) < 4.78 is 48.7. The van der Waals surface area contributed by atoms with Crippen LogP contribution in [0.4, 0.5) is 8.78 Å². The maximum absolute atomic E-state index is 12.8. The second kappa shape index (κ2) is 4.58. The minimum atomic E-state index is -3.74. The number of hydrogen-bond donors (Lipinski definition) is 0. The summed E-state index contributed by atoms with van der Waals surface area (Å²) in [6.07, 6.45) is 0. The summed E-state index contributed by atoms with van der Waals surface area (Å²) in [6.45, 7) is 1.44. The first kappa shape index (κ1) is 12.6. The van der Waals surface area contributed by atoms with Crippen LogP contribution < -0.4 is 0 Å². The maximum atomic E-state index is 12.8. The highest BCUT2D eigenvalue weighted by molar-refractivity contribution is 7.91. The normalized spacial score (nSPS) is 13.1. The van der Waals surface area contributed by atoms with Crippen molar-refractivity contribution in [2.75, 3.05) is 5.75 Å². The van der Waals surface area contributed by atoms with Crippen LogP contribution in [0.1, 0.15) is 6.92 Å². The molecule has 1 atom stereocenters. The first-order chi connectivity index (χ1) is 7.36. The molecule has 3 nitrogen and oxygen atoms in total. The van der Waals surface area contributed by atoms with E-state index in [1.165, 1.54) is 6.92 Å². The molecule has 0 aliphatic carbocycles. The van der Waals surface area contributed by atoms with Crippen molar-refractivity contribution in [3.8, 4) is 6.07 Å². The first-order valence-electron chi connectivity index (χ1n) is 4.44. The van der Waals surface area contributed by atoms with E-state index in [0.29, 0.717) is 6.07 Å². The Kier molecular flexibility index (Phi) is 3.60. The van der Waals surface area contributed by atoms with Crippen molar-refractivity contribution in [1.29, 1.82) is 5.26 Å². The third-order valence-electron chi connectivity index (χ3n) is 1.94. The molecule has 0 aromatic heterocycles. The summed E-state index contributed by atoms with van der Waals surface area (Å²) in [7, 11) is -3.74. The number of rotatable bonds is 3. The second-order valence-corrected chi connectivity index (χ2v) is 5.42. The molecular weight excluding hydrogens is 236 g/mol. The molecule has 0 radical (unpaired) electrons. The molecule has 16 heavy (non-hydrogen) atoms. The number of benzene rings is 1. The van der Waals surface area contributed by atoms with E-state index in [9.17, 15) is 17.2 Å². The van der Waals surface area contributed by atoms with Crippen LogP contribution in [0.3, 0.4) is 0 Å². The van der Waals surface area contributed by atoms with Crippen LogP contribution in [0, 0.1) is 28.9 Å². The van der Waals surface area contributed by atoms with Crippen LogP contribution in [0.25, 0.3) is 0 Å². The van der Waals surface area contributed by atoms with Crippen LogP contribution in [0.15, 0.2) is 23.1 Å². The van der Waals surface area contributed by atoms with Gasteiger partial charge >= 0.3 is 0 Å². The van der Waals surface area contributed by atoms with E-state index in [4.69, 9.17) is 5.26 Å². The quantitative estimate of drug-likeness (QED) is 0.764. The highest BCUT2D eigenvalue weighted by Gasteiger charge is 2.19. The van der Waals surface area contributed by atoms with Gasteiger partial charge in [0.15, 0.2) is 21.5 Å². The standard InChI is InChI=1S/C10H9F2NO2S/c1-7(5-13)6-16(14,15)8-2-3-9(11)10(12)4-8/h2-4,7H,6H2,1H3. The fourth-order valence-electron chi connectivity index (χ4n) is 1.13. The van der Waals surface area contributed by atoms with Gasteiger partial charge in [-0.25, -0.2) is 17.2 Å². The number of hydrogen-bond acceptors (Lipinski definition) is 3. The predicted molar refractivity (Wildman–Crippen MR) is 53.2 cm³/mol. The Morgan fingerprint density at radius 3 is 2.50 bits per heavy atom. The predicted octanol–water partition coefficient (Wildman–Crippen LogP) is 1.90. The Hall–Kier alpha value is -1.48. The molecule has 0 heterocycles. The summed E-state index contributed by atoms with van der Waals surface area (Å²) in [5, 5.41) is 8.50. The molecule has 0 amide bonds. The molecule has 86 valence electrons. The molecule has 0 aliphatic rings. The van der Waals surface area contributed by atoms with E-state index in [-0.39, 0.29) is 4.90 Å². The minimum Gasteiger partial charge on any atom is -0.224 e. The lowest BCUT2D eigenvalue weighted by Gasteiger charge is -2.05. The lowest BCUT2D eigenvalue weighted by atomic mass is 10.3. The SMILES string of the molecule is CC(C#N)CS(=O)(=O)c1ccc(F)c(F)c1. The van der Waals surface area contributed by atoms with Gasteiger partial charge in [0, 0.05) is 0 Å². The van der Waals surface area contributed by atoms with Crippen molar-refractivity contribution < 1.29 is 17.2 Å². The van der Waals surface area contributed by atoms with Crippen molar-refractivity contribution in [2.45, 2.75) is 11.8 Å². The van der Waals surface area contributed by atoms with Gasteiger partial charge in [0.1, 0.15) is 0 Å². The Bertz CT molecular complexity index is 534. The molecule has 0 saturated carbocycles. The van der Waals surface area contributed by atoms with E-state index in [1.54, 1.807) is 6.07 Å². The summed E-state index contributed by atoms with van der Waals surface area (Å²) in [4.78, 5) is -0.312. The second-order valence-electron chi connectivity index (χ2n) is 3.39. The lowest BCUT2D eigenvalue weighted by Crippen LogP contribution is -2.13. The summed E-state index contributed by atoms with van der Waals surface area (Å²) in [5.41, 5.74) is 0. The summed E-state index contributed by atoms with van der Waals surface area (Å²) in [6, 6.07) is 4.12. The maximum Gasteiger partial charge on any atom is 0.179 e. The number of sulfone groups is 1. The van der Waals surface area contributed by atoms with Gasteiger partial charge in [-0.15, -0.1) is 0 Å². The number of nitrogens with zero attached hydrogens (tertiary/aromatic N) is 1. The molecule has 0 saturated heterocycles. The lowest BCUT2D eigenvalue weighted by molar-refractivity contribution is 0.504. The highest BCUT2D eigenvalue weighted by atomic mass is 32.2. The molecule has 6 heteroatoms. The van der Waals surface area contributed by atoms with E-state index in [1.807, 2.05) is 0 Å². The van der Waals surface area contributed by atoms with Gasteiger partial charge in [0.05, 0.1) is 22.6 Å². The van der Waals surface area contributed by atoms with Gasteiger partial charge in [-0.1, -0.05) is 0 Å². The molecule has 0 spiro atoms. The Morgan fingerprint density at radius 1 is 1.38 bits per heavy atom. The third-order valence-corrected chi connectivity index (χ3v) is 3.85. The monoisotopic (exact) mass is 245 g/mol. The molecule has 0 fully saturated rings. The Labute approximate surface area is 92.2 Å². The molecular formula is C10H9F2NO2S. The number of halogens is 2. The van der Waals surface area contributed by atoms with Crippen LogP contribution in [-0.4, -0.2) is 14.2 Å². The smallest absolute Gasteiger partial charge is 0.179 e. The van der Waals surface area contributed by atoms with Gasteiger partial charge in [0.2, 0.25) is 0 Å². The van der Waals surface area contributed by atoms with Crippen LogP contribution >= 0.6 is 0 Å². The molecule has 0 aliphatic heterocycles. The van der Waals surface area contributed by atoms with Crippen molar-refractivity contribution >= 4 is 9.84 Å². The van der Waals surface area contributed by atoms with E-state index in [2.05, 4.69) is 0 Å². The van der Waals surface area contributed by atoms with Gasteiger partial charge < -0.3 is 0 Å². The van der Waals surface area contributed by atoms with Crippen molar-refractivity contribution in [2.24, 2.45) is 5.92 Å². The molecule has 1 unspecified atom stereocenters. The number of nitriles is 1. The fourth-order valence-corrected chi connectivity index (χ4v) is 2.62. The van der Waals surface area contributed by atoms with Crippen LogP contribution in [0.5, 0.6) is 0 Å². The third kappa shape index (κ3) is 2.76. The largest absolute Gasteiger partial charge is 0.224 e. The van der Waals surface area contributed by atoms with Gasteiger partial charge in [-0.3, -0.25) is 0 Å². The van der Waals surface area contributed by atoms with Crippen LogP contribution in [0.2, 0.25) is 0 Å². The van der Waals surface area contributed by atoms with E-state index >= 15 is 0 Å².